The van der Waals surface area contributed by atoms with E-state index in [-0.39, 0.29) is 6.03 Å². The van der Waals surface area contributed by atoms with Crippen LogP contribution in [-0.2, 0) is 0 Å². The molecule has 1 heterocycles. The number of rotatable bonds is 8. The molecule has 0 saturated heterocycles. The Labute approximate surface area is 163 Å². The predicted molar refractivity (Wildman–Crippen MR) is 109 cm³/mol. The number of fused-ring (bicyclic) bond motifs is 1. The van der Waals surface area contributed by atoms with Crippen LogP contribution in [0.3, 0.4) is 0 Å². The zero-order valence-electron chi connectivity index (χ0n) is 16.2. The van der Waals surface area contributed by atoms with Crippen LogP contribution >= 0.6 is 0 Å². The van der Waals surface area contributed by atoms with Crippen molar-refractivity contribution in [2.45, 2.75) is 20.8 Å². The van der Waals surface area contributed by atoms with Crippen LogP contribution in [0.4, 0.5) is 16.2 Å². The molecule has 3 N–H and O–H groups in total. The third kappa shape index (κ3) is 4.46. The van der Waals surface area contributed by atoms with E-state index in [0.717, 1.165) is 10.9 Å². The molecule has 2 aromatic carbocycles. The van der Waals surface area contributed by atoms with E-state index in [1.165, 1.54) is 0 Å². The van der Waals surface area contributed by atoms with Crippen molar-refractivity contribution >= 4 is 28.3 Å². The molecule has 0 unspecified atom stereocenters. The van der Waals surface area contributed by atoms with E-state index >= 15 is 0 Å². The van der Waals surface area contributed by atoms with Crippen molar-refractivity contribution < 1.29 is 19.0 Å². The molecule has 0 bridgehead atoms. The molecule has 0 aliphatic heterocycles. The van der Waals surface area contributed by atoms with Crippen molar-refractivity contribution in [2.24, 2.45) is 0 Å². The number of aromatic nitrogens is 2. The second-order valence-electron chi connectivity index (χ2n) is 5.85. The van der Waals surface area contributed by atoms with Crippen LogP contribution in [-0.4, -0.2) is 36.0 Å². The first-order chi connectivity index (χ1) is 13.6. The molecular weight excluding hydrogens is 360 g/mol. The van der Waals surface area contributed by atoms with E-state index in [9.17, 15) is 4.79 Å². The predicted octanol–water partition coefficient (Wildman–Crippen LogP) is 4.40. The highest BCUT2D eigenvalue weighted by atomic mass is 16.5. The molecule has 0 spiro atoms. The molecule has 2 amide bonds. The van der Waals surface area contributed by atoms with Crippen LogP contribution in [0, 0.1) is 0 Å². The average molecular weight is 384 g/mol. The maximum absolute atomic E-state index is 12.4. The number of carbonyl (C=O) groups excluding carboxylic acids is 1. The number of aromatic amines is 1. The van der Waals surface area contributed by atoms with E-state index in [2.05, 4.69) is 20.8 Å². The number of benzene rings is 2. The largest absolute Gasteiger partial charge is 0.490 e. The van der Waals surface area contributed by atoms with Gasteiger partial charge in [0.2, 0.25) is 5.75 Å². The molecule has 0 fully saturated rings. The summed E-state index contributed by atoms with van der Waals surface area (Å²) < 4.78 is 17.0. The molecule has 0 aliphatic rings. The lowest BCUT2D eigenvalue weighted by molar-refractivity contribution is 0.260. The Bertz CT molecular complexity index is 927. The minimum absolute atomic E-state index is 0.382. The Morgan fingerprint density at radius 3 is 2.21 bits per heavy atom. The van der Waals surface area contributed by atoms with Crippen LogP contribution < -0.4 is 24.8 Å². The summed E-state index contributed by atoms with van der Waals surface area (Å²) in [4.78, 5) is 12.4. The highest BCUT2D eigenvalue weighted by Gasteiger charge is 2.16. The maximum Gasteiger partial charge on any atom is 0.323 e. The summed E-state index contributed by atoms with van der Waals surface area (Å²) in [7, 11) is 0. The first-order valence-electron chi connectivity index (χ1n) is 9.22. The van der Waals surface area contributed by atoms with E-state index in [0.29, 0.717) is 48.4 Å². The molecule has 0 radical (unpaired) electrons. The molecule has 28 heavy (non-hydrogen) atoms. The number of amides is 2. The highest BCUT2D eigenvalue weighted by molar-refractivity contribution is 6.01. The lowest BCUT2D eigenvalue weighted by Crippen LogP contribution is -2.19. The molecule has 3 aromatic rings. The standard InChI is InChI=1S/C20H24N4O4/c1-4-26-17-10-15(11-18(27-5-2)19(17)28-6-3)23-20(25)22-14-8-7-13-12-21-24-16(13)9-14/h7-12H,4-6H2,1-3H3,(H,21,24)(H2,22,23,25). The van der Waals surface area contributed by atoms with Crippen molar-refractivity contribution in [1.29, 1.82) is 0 Å². The summed E-state index contributed by atoms with van der Waals surface area (Å²) in [6.45, 7) is 7.06. The van der Waals surface area contributed by atoms with Crippen molar-refractivity contribution in [1.82, 2.24) is 10.2 Å². The Morgan fingerprint density at radius 2 is 1.57 bits per heavy atom. The van der Waals surface area contributed by atoms with Gasteiger partial charge in [-0.1, -0.05) is 0 Å². The Balaban J connectivity index is 1.80. The number of hydrogen-bond acceptors (Lipinski definition) is 5. The quantitative estimate of drug-likeness (QED) is 0.535. The minimum atomic E-state index is -0.382. The maximum atomic E-state index is 12.4. The van der Waals surface area contributed by atoms with E-state index in [1.54, 1.807) is 18.3 Å². The molecule has 148 valence electrons. The first-order valence-corrected chi connectivity index (χ1v) is 9.22. The molecule has 0 saturated carbocycles. The topological polar surface area (TPSA) is 97.5 Å². The van der Waals surface area contributed by atoms with Gasteiger partial charge in [-0.2, -0.15) is 5.10 Å². The second kappa shape index (κ2) is 8.98. The molecule has 8 nitrogen and oxygen atoms in total. The Morgan fingerprint density at radius 1 is 0.929 bits per heavy atom. The van der Waals surface area contributed by atoms with Gasteiger partial charge in [0, 0.05) is 23.2 Å². The SMILES string of the molecule is CCOc1cc(NC(=O)Nc2ccc3cn[nH]c3c2)cc(OCC)c1OCC. The third-order valence-electron chi connectivity index (χ3n) is 3.87. The van der Waals surface area contributed by atoms with E-state index in [4.69, 9.17) is 14.2 Å². The number of nitrogens with zero attached hydrogens (tertiary/aromatic N) is 1. The van der Waals surface area contributed by atoms with Crippen LogP contribution in [0.25, 0.3) is 10.9 Å². The van der Waals surface area contributed by atoms with Gasteiger partial charge in [0.15, 0.2) is 11.5 Å². The smallest absolute Gasteiger partial charge is 0.323 e. The fourth-order valence-corrected chi connectivity index (χ4v) is 2.77. The lowest BCUT2D eigenvalue weighted by atomic mass is 10.2. The normalized spacial score (nSPS) is 10.5. The Hall–Kier alpha value is -3.42. The van der Waals surface area contributed by atoms with Crippen LogP contribution in [0.1, 0.15) is 20.8 Å². The summed E-state index contributed by atoms with van der Waals surface area (Å²) in [5.74, 6) is 1.57. The fourth-order valence-electron chi connectivity index (χ4n) is 2.77. The third-order valence-corrected chi connectivity index (χ3v) is 3.87. The van der Waals surface area contributed by atoms with Gasteiger partial charge in [-0.25, -0.2) is 4.79 Å². The summed E-state index contributed by atoms with van der Waals surface area (Å²) in [6, 6.07) is 8.56. The van der Waals surface area contributed by atoms with Gasteiger partial charge in [0.05, 0.1) is 37.2 Å². The minimum Gasteiger partial charge on any atom is -0.490 e. The van der Waals surface area contributed by atoms with Crippen LogP contribution in [0.15, 0.2) is 36.5 Å². The summed E-state index contributed by atoms with van der Waals surface area (Å²) in [5, 5.41) is 13.4. The van der Waals surface area contributed by atoms with Crippen molar-refractivity contribution in [3.8, 4) is 17.2 Å². The summed E-state index contributed by atoms with van der Waals surface area (Å²) >= 11 is 0. The number of anilines is 2. The highest BCUT2D eigenvalue weighted by Crippen LogP contribution is 2.40. The van der Waals surface area contributed by atoms with Gasteiger partial charge < -0.3 is 24.8 Å². The van der Waals surface area contributed by atoms with E-state index < -0.39 is 0 Å². The van der Waals surface area contributed by atoms with Crippen LogP contribution in [0.5, 0.6) is 17.2 Å². The van der Waals surface area contributed by atoms with Gasteiger partial charge >= 0.3 is 6.03 Å². The van der Waals surface area contributed by atoms with Crippen molar-refractivity contribution in [3.63, 3.8) is 0 Å². The number of ether oxygens (including phenoxy) is 3. The van der Waals surface area contributed by atoms with Crippen LogP contribution in [0.2, 0.25) is 0 Å². The molecular formula is C20H24N4O4. The number of nitrogens with one attached hydrogen (secondary N) is 3. The van der Waals surface area contributed by atoms with Crippen molar-refractivity contribution in [2.75, 3.05) is 30.5 Å². The second-order valence-corrected chi connectivity index (χ2v) is 5.85. The zero-order chi connectivity index (χ0) is 19.9. The lowest BCUT2D eigenvalue weighted by Gasteiger charge is -2.17. The summed E-state index contributed by atoms with van der Waals surface area (Å²) in [6.07, 6.45) is 1.73. The van der Waals surface area contributed by atoms with Gasteiger partial charge in [-0.05, 0) is 39.0 Å². The van der Waals surface area contributed by atoms with Gasteiger partial charge in [0.1, 0.15) is 0 Å². The van der Waals surface area contributed by atoms with E-state index in [1.807, 2.05) is 39.0 Å². The zero-order valence-corrected chi connectivity index (χ0v) is 16.2. The fraction of sp³-hybridized carbons (Fsp3) is 0.300. The first kappa shape index (κ1) is 19.3. The average Bonchev–Trinajstić information content (AvgIpc) is 3.12. The number of H-pyrrole nitrogens is 1. The number of urea groups is 1. The molecule has 0 atom stereocenters. The van der Waals surface area contributed by atoms with Crippen molar-refractivity contribution in [3.05, 3.63) is 36.5 Å². The Kier molecular flexibility index (Phi) is 6.21. The molecule has 8 heteroatoms. The van der Waals surface area contributed by atoms with Gasteiger partial charge in [-0.15, -0.1) is 0 Å². The monoisotopic (exact) mass is 384 g/mol. The van der Waals surface area contributed by atoms with Gasteiger partial charge in [-0.3, -0.25) is 5.10 Å². The molecule has 0 aliphatic carbocycles. The number of hydrogen-bond donors (Lipinski definition) is 3. The summed E-state index contributed by atoms with van der Waals surface area (Å²) in [5.41, 5.74) is 2.03. The number of carbonyl (C=O) groups is 1. The molecule has 3 rings (SSSR count). The van der Waals surface area contributed by atoms with Gasteiger partial charge in [0.25, 0.3) is 0 Å². The molecule has 1 aromatic heterocycles.